The largest absolute Gasteiger partial charge is 0.293 e. The average molecular weight is 381 g/mol. The van der Waals surface area contributed by atoms with E-state index < -0.39 is 0 Å². The molecule has 5 heteroatoms. The van der Waals surface area contributed by atoms with Gasteiger partial charge in [0.15, 0.2) is 10.9 Å². The molecule has 27 heavy (non-hydrogen) atoms. The van der Waals surface area contributed by atoms with Gasteiger partial charge in [-0.15, -0.1) is 0 Å². The van der Waals surface area contributed by atoms with Gasteiger partial charge in [-0.05, 0) is 43.5 Å². The van der Waals surface area contributed by atoms with E-state index in [0.29, 0.717) is 28.5 Å². The summed E-state index contributed by atoms with van der Waals surface area (Å²) in [6, 6.07) is 13.3. The molecule has 3 rings (SSSR count). The van der Waals surface area contributed by atoms with Gasteiger partial charge >= 0.3 is 0 Å². The van der Waals surface area contributed by atoms with Crippen molar-refractivity contribution in [2.24, 2.45) is 5.92 Å². The first-order valence-electron chi connectivity index (χ1n) is 9.09. The SMILES string of the molecule is Cc1ccc(C)c(C(=O)CSc2nc3ccccc3c(=O)n2CC(C)C)c1. The lowest BCUT2D eigenvalue weighted by Gasteiger charge is -2.15. The van der Waals surface area contributed by atoms with E-state index in [1.807, 2.05) is 50.2 Å². The topological polar surface area (TPSA) is 52.0 Å². The van der Waals surface area contributed by atoms with Crippen LogP contribution >= 0.6 is 11.8 Å². The zero-order chi connectivity index (χ0) is 19.6. The zero-order valence-corrected chi connectivity index (χ0v) is 17.0. The van der Waals surface area contributed by atoms with Crippen LogP contribution in [0.15, 0.2) is 52.4 Å². The summed E-state index contributed by atoms with van der Waals surface area (Å²) in [5.74, 6) is 0.618. The molecule has 0 fully saturated rings. The van der Waals surface area contributed by atoms with Crippen LogP contribution in [0.25, 0.3) is 10.9 Å². The van der Waals surface area contributed by atoms with E-state index in [2.05, 4.69) is 18.8 Å². The van der Waals surface area contributed by atoms with Crippen molar-refractivity contribution in [3.63, 3.8) is 0 Å². The number of carbonyl (C=O) groups is 1. The number of hydrogen-bond acceptors (Lipinski definition) is 4. The van der Waals surface area contributed by atoms with Gasteiger partial charge in [0.2, 0.25) is 0 Å². The Morgan fingerprint density at radius 3 is 2.63 bits per heavy atom. The molecule has 4 nitrogen and oxygen atoms in total. The minimum atomic E-state index is -0.0454. The molecule has 0 unspecified atom stereocenters. The fourth-order valence-corrected chi connectivity index (χ4v) is 3.92. The van der Waals surface area contributed by atoms with Crippen LogP contribution in [-0.4, -0.2) is 21.1 Å². The van der Waals surface area contributed by atoms with Gasteiger partial charge < -0.3 is 0 Å². The van der Waals surface area contributed by atoms with Gasteiger partial charge in [0.25, 0.3) is 5.56 Å². The van der Waals surface area contributed by atoms with Gasteiger partial charge in [0, 0.05) is 12.1 Å². The highest BCUT2D eigenvalue weighted by Crippen LogP contribution is 2.21. The molecule has 0 radical (unpaired) electrons. The van der Waals surface area contributed by atoms with Crippen LogP contribution in [0.1, 0.15) is 35.3 Å². The molecule has 0 N–H and O–H groups in total. The molecule has 0 aliphatic rings. The van der Waals surface area contributed by atoms with Crippen molar-refractivity contribution in [3.05, 3.63) is 69.5 Å². The summed E-state index contributed by atoms with van der Waals surface area (Å²) in [4.78, 5) is 30.3. The Labute approximate surface area is 163 Å². The van der Waals surface area contributed by atoms with Crippen molar-refractivity contribution in [2.75, 3.05) is 5.75 Å². The Morgan fingerprint density at radius 1 is 1.15 bits per heavy atom. The first kappa shape index (κ1) is 19.4. The van der Waals surface area contributed by atoms with E-state index >= 15 is 0 Å². The minimum Gasteiger partial charge on any atom is -0.293 e. The van der Waals surface area contributed by atoms with Crippen LogP contribution in [0.4, 0.5) is 0 Å². The number of hydrogen-bond donors (Lipinski definition) is 0. The molecule has 0 saturated carbocycles. The first-order valence-corrected chi connectivity index (χ1v) is 10.1. The molecule has 1 aromatic heterocycles. The van der Waals surface area contributed by atoms with Crippen LogP contribution in [0.3, 0.4) is 0 Å². The van der Waals surface area contributed by atoms with E-state index in [9.17, 15) is 9.59 Å². The molecular weight excluding hydrogens is 356 g/mol. The molecule has 1 heterocycles. The Balaban J connectivity index is 1.95. The van der Waals surface area contributed by atoms with Crippen molar-refractivity contribution < 1.29 is 4.79 Å². The molecule has 0 bridgehead atoms. The Bertz CT molecular complexity index is 1050. The van der Waals surface area contributed by atoms with Gasteiger partial charge in [-0.25, -0.2) is 4.98 Å². The third kappa shape index (κ3) is 4.30. The molecule has 0 spiro atoms. The molecule has 0 atom stereocenters. The summed E-state index contributed by atoms with van der Waals surface area (Å²) in [6.45, 7) is 8.64. The van der Waals surface area contributed by atoms with Crippen LogP contribution in [0.2, 0.25) is 0 Å². The molecular formula is C22H24N2O2S. The quantitative estimate of drug-likeness (QED) is 0.355. The molecule has 2 aromatic carbocycles. The van der Waals surface area contributed by atoms with E-state index in [1.54, 1.807) is 10.6 Å². The number of rotatable bonds is 6. The predicted molar refractivity (Wildman–Crippen MR) is 112 cm³/mol. The second-order valence-corrected chi connectivity index (χ2v) is 8.19. The Kier molecular flexibility index (Phi) is 5.80. The number of ketones is 1. The highest BCUT2D eigenvalue weighted by atomic mass is 32.2. The highest BCUT2D eigenvalue weighted by Gasteiger charge is 2.16. The Morgan fingerprint density at radius 2 is 1.89 bits per heavy atom. The minimum absolute atomic E-state index is 0.0454. The van der Waals surface area contributed by atoms with Gasteiger partial charge in [0.05, 0.1) is 16.7 Å². The van der Waals surface area contributed by atoms with Crippen LogP contribution in [0, 0.1) is 19.8 Å². The second-order valence-electron chi connectivity index (χ2n) is 7.25. The smallest absolute Gasteiger partial charge is 0.262 e. The number of thioether (sulfide) groups is 1. The average Bonchev–Trinajstić information content (AvgIpc) is 2.64. The summed E-state index contributed by atoms with van der Waals surface area (Å²) in [5, 5.41) is 1.22. The number of aryl methyl sites for hydroxylation is 2. The van der Waals surface area contributed by atoms with Crippen molar-refractivity contribution in [3.8, 4) is 0 Å². The summed E-state index contributed by atoms with van der Waals surface area (Å²) >= 11 is 1.34. The number of carbonyl (C=O) groups excluding carboxylic acids is 1. The number of fused-ring (bicyclic) bond motifs is 1. The zero-order valence-electron chi connectivity index (χ0n) is 16.2. The van der Waals surface area contributed by atoms with Gasteiger partial charge in [-0.1, -0.05) is 55.4 Å². The molecule has 0 aliphatic carbocycles. The van der Waals surface area contributed by atoms with E-state index in [-0.39, 0.29) is 17.1 Å². The van der Waals surface area contributed by atoms with E-state index in [1.165, 1.54) is 11.8 Å². The molecule has 140 valence electrons. The molecule has 3 aromatic rings. The van der Waals surface area contributed by atoms with Crippen molar-refractivity contribution in [1.29, 1.82) is 0 Å². The molecule has 0 aliphatic heterocycles. The van der Waals surface area contributed by atoms with Crippen molar-refractivity contribution >= 4 is 28.4 Å². The summed E-state index contributed by atoms with van der Waals surface area (Å²) in [6.07, 6.45) is 0. The van der Waals surface area contributed by atoms with Crippen LogP contribution < -0.4 is 5.56 Å². The predicted octanol–water partition coefficient (Wildman–Crippen LogP) is 4.64. The van der Waals surface area contributed by atoms with Crippen LogP contribution in [0.5, 0.6) is 0 Å². The number of Topliss-reactive ketones (excluding diaryl/α,β-unsaturated/α-hetero) is 1. The third-order valence-electron chi connectivity index (χ3n) is 4.40. The fourth-order valence-electron chi connectivity index (χ4n) is 3.03. The number of para-hydroxylation sites is 1. The third-order valence-corrected chi connectivity index (χ3v) is 5.38. The van der Waals surface area contributed by atoms with Gasteiger partial charge in [-0.2, -0.15) is 0 Å². The lowest BCUT2D eigenvalue weighted by Crippen LogP contribution is -2.25. The monoisotopic (exact) mass is 380 g/mol. The number of aromatic nitrogens is 2. The summed E-state index contributed by atoms with van der Waals surface area (Å²) in [7, 11) is 0. The number of nitrogens with zero attached hydrogens (tertiary/aromatic N) is 2. The maximum Gasteiger partial charge on any atom is 0.262 e. The fraction of sp³-hybridized carbons (Fsp3) is 0.318. The van der Waals surface area contributed by atoms with Gasteiger partial charge in [0.1, 0.15) is 0 Å². The van der Waals surface area contributed by atoms with Crippen molar-refractivity contribution in [2.45, 2.75) is 39.4 Å². The normalized spacial score (nSPS) is 11.3. The highest BCUT2D eigenvalue weighted by molar-refractivity contribution is 7.99. The van der Waals surface area contributed by atoms with E-state index in [4.69, 9.17) is 0 Å². The number of benzene rings is 2. The van der Waals surface area contributed by atoms with Crippen molar-refractivity contribution in [1.82, 2.24) is 9.55 Å². The van der Waals surface area contributed by atoms with Crippen LogP contribution in [-0.2, 0) is 6.54 Å². The maximum absolute atomic E-state index is 12.9. The lowest BCUT2D eigenvalue weighted by atomic mass is 10.0. The maximum atomic E-state index is 12.9. The lowest BCUT2D eigenvalue weighted by molar-refractivity contribution is 0.102. The van der Waals surface area contributed by atoms with E-state index in [0.717, 1.165) is 16.7 Å². The summed E-state index contributed by atoms with van der Waals surface area (Å²) in [5.41, 5.74) is 3.40. The molecule has 0 saturated heterocycles. The first-order chi connectivity index (χ1) is 12.9. The summed E-state index contributed by atoms with van der Waals surface area (Å²) < 4.78 is 1.70. The second kappa shape index (κ2) is 8.09. The van der Waals surface area contributed by atoms with Gasteiger partial charge in [-0.3, -0.25) is 14.2 Å². The Hall–Kier alpha value is -2.40. The standard InChI is InChI=1S/C22H24N2O2S/c1-14(2)12-24-21(26)17-7-5-6-8-19(17)23-22(24)27-13-20(25)18-11-15(3)9-10-16(18)4/h5-11,14H,12-13H2,1-4H3. The molecule has 0 amide bonds.